The number of fused-ring (bicyclic) bond motifs is 1. The SMILES string of the molecule is COc1ccc(C2CCCc3cccnc32)cc1C=O. The first kappa shape index (κ1) is 12.9. The molecule has 0 saturated heterocycles. The van der Waals surface area contributed by atoms with Crippen molar-refractivity contribution in [2.24, 2.45) is 0 Å². The average molecular weight is 267 g/mol. The number of benzene rings is 1. The lowest BCUT2D eigenvalue weighted by molar-refractivity contribution is 0.112. The van der Waals surface area contributed by atoms with E-state index < -0.39 is 0 Å². The molecule has 2 aromatic rings. The highest BCUT2D eigenvalue weighted by molar-refractivity contribution is 5.79. The van der Waals surface area contributed by atoms with E-state index in [1.54, 1.807) is 7.11 Å². The van der Waals surface area contributed by atoms with Crippen molar-refractivity contribution in [3.05, 3.63) is 58.9 Å². The summed E-state index contributed by atoms with van der Waals surface area (Å²) < 4.78 is 5.20. The van der Waals surface area contributed by atoms with Crippen LogP contribution in [0.2, 0.25) is 0 Å². The van der Waals surface area contributed by atoms with Crippen molar-refractivity contribution in [1.82, 2.24) is 4.98 Å². The van der Waals surface area contributed by atoms with Gasteiger partial charge in [-0.2, -0.15) is 0 Å². The van der Waals surface area contributed by atoms with Gasteiger partial charge in [0.15, 0.2) is 6.29 Å². The maximum absolute atomic E-state index is 11.2. The van der Waals surface area contributed by atoms with Gasteiger partial charge in [-0.25, -0.2) is 0 Å². The molecule has 1 aliphatic carbocycles. The first-order valence-corrected chi connectivity index (χ1v) is 6.90. The number of hydrogen-bond acceptors (Lipinski definition) is 3. The second kappa shape index (κ2) is 5.45. The number of pyridine rings is 1. The smallest absolute Gasteiger partial charge is 0.153 e. The van der Waals surface area contributed by atoms with Gasteiger partial charge in [-0.15, -0.1) is 0 Å². The van der Waals surface area contributed by atoms with Gasteiger partial charge in [0.25, 0.3) is 0 Å². The second-order valence-electron chi connectivity index (χ2n) is 5.11. The third-order valence-corrected chi connectivity index (χ3v) is 3.98. The molecule has 0 bridgehead atoms. The van der Waals surface area contributed by atoms with E-state index in [4.69, 9.17) is 4.74 Å². The van der Waals surface area contributed by atoms with Crippen molar-refractivity contribution in [2.45, 2.75) is 25.2 Å². The molecule has 102 valence electrons. The molecule has 0 aliphatic heterocycles. The topological polar surface area (TPSA) is 39.2 Å². The van der Waals surface area contributed by atoms with Crippen molar-refractivity contribution < 1.29 is 9.53 Å². The van der Waals surface area contributed by atoms with E-state index >= 15 is 0 Å². The predicted octanol–water partition coefficient (Wildman–Crippen LogP) is 3.37. The van der Waals surface area contributed by atoms with Gasteiger partial charge < -0.3 is 4.74 Å². The van der Waals surface area contributed by atoms with Crippen molar-refractivity contribution in [3.8, 4) is 5.75 Å². The van der Waals surface area contributed by atoms with E-state index in [-0.39, 0.29) is 5.92 Å². The Morgan fingerprint density at radius 1 is 1.35 bits per heavy atom. The highest BCUT2D eigenvalue weighted by Crippen LogP contribution is 2.36. The van der Waals surface area contributed by atoms with Crippen LogP contribution in [0.25, 0.3) is 0 Å². The Morgan fingerprint density at radius 2 is 2.25 bits per heavy atom. The molecule has 0 spiro atoms. The molecule has 1 heterocycles. The number of aryl methyl sites for hydroxylation is 1. The van der Waals surface area contributed by atoms with Gasteiger partial charge in [-0.05, 0) is 48.6 Å². The largest absolute Gasteiger partial charge is 0.496 e. The molecular formula is C17H17NO2. The number of hydrogen-bond donors (Lipinski definition) is 0. The number of carbonyl (C=O) groups excluding carboxylic acids is 1. The first-order chi connectivity index (χ1) is 9.83. The number of aldehydes is 1. The molecule has 0 amide bonds. The molecule has 1 aromatic carbocycles. The van der Waals surface area contributed by atoms with Gasteiger partial charge in [-0.3, -0.25) is 9.78 Å². The van der Waals surface area contributed by atoms with Crippen molar-refractivity contribution in [2.75, 3.05) is 7.11 Å². The summed E-state index contributed by atoms with van der Waals surface area (Å²) in [5.74, 6) is 0.908. The zero-order valence-electron chi connectivity index (χ0n) is 11.5. The van der Waals surface area contributed by atoms with Gasteiger partial charge in [0.05, 0.1) is 18.4 Å². The summed E-state index contributed by atoms with van der Waals surface area (Å²) >= 11 is 0. The molecule has 3 rings (SSSR count). The number of rotatable bonds is 3. The molecule has 1 aliphatic rings. The summed E-state index contributed by atoms with van der Waals surface area (Å²) in [7, 11) is 1.58. The monoisotopic (exact) mass is 267 g/mol. The summed E-state index contributed by atoms with van der Waals surface area (Å²) in [5, 5.41) is 0. The Balaban J connectivity index is 2.04. The van der Waals surface area contributed by atoms with E-state index in [0.29, 0.717) is 11.3 Å². The maximum Gasteiger partial charge on any atom is 0.153 e. The summed E-state index contributed by atoms with van der Waals surface area (Å²) in [5.41, 5.74) is 4.23. The van der Waals surface area contributed by atoms with Crippen LogP contribution in [0.15, 0.2) is 36.5 Å². The molecule has 3 heteroatoms. The first-order valence-electron chi connectivity index (χ1n) is 6.90. The third kappa shape index (κ3) is 2.20. The Hall–Kier alpha value is -2.16. The maximum atomic E-state index is 11.2. The lowest BCUT2D eigenvalue weighted by atomic mass is 9.82. The lowest BCUT2D eigenvalue weighted by Crippen LogP contribution is -2.13. The van der Waals surface area contributed by atoms with Crippen LogP contribution in [0, 0.1) is 0 Å². The number of methoxy groups -OCH3 is 1. The van der Waals surface area contributed by atoms with Crippen LogP contribution in [0.1, 0.15) is 45.9 Å². The van der Waals surface area contributed by atoms with Gasteiger partial charge in [0.1, 0.15) is 5.75 Å². The second-order valence-corrected chi connectivity index (χ2v) is 5.11. The normalized spacial score (nSPS) is 17.4. The zero-order valence-corrected chi connectivity index (χ0v) is 11.5. The highest BCUT2D eigenvalue weighted by Gasteiger charge is 2.23. The fourth-order valence-electron chi connectivity index (χ4n) is 3.00. The van der Waals surface area contributed by atoms with Gasteiger partial charge in [0, 0.05) is 12.1 Å². The average Bonchev–Trinajstić information content (AvgIpc) is 2.53. The summed E-state index contributed by atoms with van der Waals surface area (Å²) in [6.07, 6.45) is 6.03. The Morgan fingerprint density at radius 3 is 3.05 bits per heavy atom. The van der Waals surface area contributed by atoms with Crippen LogP contribution in [0.3, 0.4) is 0 Å². The van der Waals surface area contributed by atoms with E-state index in [2.05, 4.69) is 11.1 Å². The molecule has 3 nitrogen and oxygen atoms in total. The van der Waals surface area contributed by atoms with Crippen LogP contribution in [0.5, 0.6) is 5.75 Å². The molecule has 0 fully saturated rings. The van der Waals surface area contributed by atoms with Gasteiger partial charge in [-0.1, -0.05) is 12.1 Å². The van der Waals surface area contributed by atoms with Crippen LogP contribution in [-0.2, 0) is 6.42 Å². The molecule has 20 heavy (non-hydrogen) atoms. The molecule has 1 unspecified atom stereocenters. The van der Waals surface area contributed by atoms with E-state index in [1.807, 2.05) is 30.5 Å². The Labute approximate surface area is 118 Å². The van der Waals surface area contributed by atoms with Gasteiger partial charge >= 0.3 is 0 Å². The highest BCUT2D eigenvalue weighted by atomic mass is 16.5. The molecule has 0 radical (unpaired) electrons. The molecular weight excluding hydrogens is 250 g/mol. The fraction of sp³-hybridized carbons (Fsp3) is 0.294. The van der Waals surface area contributed by atoms with E-state index in [0.717, 1.165) is 36.8 Å². The molecule has 1 aromatic heterocycles. The standard InChI is InChI=1S/C17H17NO2/c1-20-16-8-7-13(10-14(16)11-19)15-6-2-4-12-5-3-9-18-17(12)15/h3,5,7-11,15H,2,4,6H2,1H3. The number of carbonyl (C=O) groups is 1. The number of ether oxygens (including phenoxy) is 1. The fourth-order valence-corrected chi connectivity index (χ4v) is 3.00. The van der Waals surface area contributed by atoms with Crippen LogP contribution in [0.4, 0.5) is 0 Å². The minimum Gasteiger partial charge on any atom is -0.496 e. The Kier molecular flexibility index (Phi) is 3.50. The van der Waals surface area contributed by atoms with Crippen LogP contribution >= 0.6 is 0 Å². The quantitative estimate of drug-likeness (QED) is 0.800. The van der Waals surface area contributed by atoms with Crippen molar-refractivity contribution in [1.29, 1.82) is 0 Å². The van der Waals surface area contributed by atoms with E-state index in [1.165, 1.54) is 5.56 Å². The molecule has 0 saturated carbocycles. The number of aromatic nitrogens is 1. The molecule has 0 N–H and O–H groups in total. The lowest BCUT2D eigenvalue weighted by Gasteiger charge is -2.25. The summed E-state index contributed by atoms with van der Waals surface area (Å²) in [6, 6.07) is 9.99. The number of nitrogens with zero attached hydrogens (tertiary/aromatic N) is 1. The summed E-state index contributed by atoms with van der Waals surface area (Å²) in [6.45, 7) is 0. The minimum absolute atomic E-state index is 0.282. The third-order valence-electron chi connectivity index (χ3n) is 3.98. The predicted molar refractivity (Wildman–Crippen MR) is 77.4 cm³/mol. The van der Waals surface area contributed by atoms with Gasteiger partial charge in [0.2, 0.25) is 0 Å². The van der Waals surface area contributed by atoms with Crippen molar-refractivity contribution >= 4 is 6.29 Å². The van der Waals surface area contributed by atoms with Crippen LogP contribution in [-0.4, -0.2) is 18.4 Å². The van der Waals surface area contributed by atoms with Crippen LogP contribution < -0.4 is 4.74 Å². The van der Waals surface area contributed by atoms with Crippen molar-refractivity contribution in [3.63, 3.8) is 0 Å². The minimum atomic E-state index is 0.282. The van der Waals surface area contributed by atoms with E-state index in [9.17, 15) is 4.79 Å². The Bertz CT molecular complexity index is 637. The zero-order chi connectivity index (χ0) is 13.9. The summed E-state index contributed by atoms with van der Waals surface area (Å²) in [4.78, 5) is 15.7. The molecule has 1 atom stereocenters.